The number of carbonyl (C=O) groups excluding carboxylic acids is 3. The van der Waals surface area contributed by atoms with Gasteiger partial charge >= 0.3 is 5.97 Å². The molecule has 4 N–H and O–H groups in total. The zero-order chi connectivity index (χ0) is 26.9. The van der Waals surface area contributed by atoms with Gasteiger partial charge in [0.25, 0.3) is 0 Å². The van der Waals surface area contributed by atoms with E-state index in [-0.39, 0.29) is 55.1 Å². The van der Waals surface area contributed by atoms with Gasteiger partial charge in [-0.15, -0.1) is 5.10 Å². The summed E-state index contributed by atoms with van der Waals surface area (Å²) in [7, 11) is 0. The van der Waals surface area contributed by atoms with Crippen LogP contribution in [-0.4, -0.2) is 53.9 Å². The molecule has 0 bridgehead atoms. The summed E-state index contributed by atoms with van der Waals surface area (Å²) in [5, 5.41) is 28.2. The van der Waals surface area contributed by atoms with Crippen LogP contribution in [0.3, 0.4) is 0 Å². The molecule has 0 saturated carbocycles. The second kappa shape index (κ2) is 12.0. The van der Waals surface area contributed by atoms with Gasteiger partial charge in [0.2, 0.25) is 17.7 Å². The quantitative estimate of drug-likeness (QED) is 0.227. The molecule has 0 radical (unpaired) electrons. The van der Waals surface area contributed by atoms with Crippen LogP contribution in [0.25, 0.3) is 11.3 Å². The first-order valence-corrected chi connectivity index (χ1v) is 11.3. The summed E-state index contributed by atoms with van der Waals surface area (Å²) >= 11 is 0. The molecule has 3 heterocycles. The largest absolute Gasteiger partial charge is 0.476 e. The predicted molar refractivity (Wildman–Crippen MR) is 131 cm³/mol. The van der Waals surface area contributed by atoms with Crippen molar-refractivity contribution in [2.75, 3.05) is 10.6 Å². The highest BCUT2D eigenvalue weighted by Gasteiger charge is 2.13. The average Bonchev–Trinajstić information content (AvgIpc) is 3.57. The second-order valence-electron chi connectivity index (χ2n) is 7.98. The molecule has 4 aromatic rings. The van der Waals surface area contributed by atoms with Crippen molar-refractivity contribution in [2.24, 2.45) is 0 Å². The van der Waals surface area contributed by atoms with E-state index in [4.69, 9.17) is 9.63 Å². The minimum absolute atomic E-state index is 0.0393. The minimum Gasteiger partial charge on any atom is -0.476 e. The first kappa shape index (κ1) is 25.7. The van der Waals surface area contributed by atoms with Crippen molar-refractivity contribution < 1.29 is 28.8 Å². The van der Waals surface area contributed by atoms with Gasteiger partial charge in [0, 0.05) is 48.2 Å². The molecule has 0 aliphatic carbocycles. The van der Waals surface area contributed by atoms with Crippen molar-refractivity contribution in [3.8, 4) is 11.3 Å². The van der Waals surface area contributed by atoms with Crippen LogP contribution in [0.15, 0.2) is 65.6 Å². The molecule has 38 heavy (non-hydrogen) atoms. The molecular formula is C24H22N8O6. The molecule has 3 aromatic heterocycles. The van der Waals surface area contributed by atoms with Crippen molar-refractivity contribution in [3.05, 3.63) is 72.4 Å². The van der Waals surface area contributed by atoms with E-state index in [0.29, 0.717) is 22.6 Å². The Balaban J connectivity index is 1.16. The third kappa shape index (κ3) is 7.30. The summed E-state index contributed by atoms with van der Waals surface area (Å²) in [6.07, 6.45) is 4.59. The fourth-order valence-electron chi connectivity index (χ4n) is 3.24. The van der Waals surface area contributed by atoms with E-state index in [1.54, 1.807) is 55.0 Å². The van der Waals surface area contributed by atoms with Crippen LogP contribution in [-0.2, 0) is 27.5 Å². The maximum absolute atomic E-state index is 12.2. The Labute approximate surface area is 215 Å². The molecule has 0 aliphatic heterocycles. The molecular weight excluding hydrogens is 496 g/mol. The smallest absolute Gasteiger partial charge is 0.358 e. The number of hydrogen-bond donors (Lipinski definition) is 4. The fourth-order valence-corrected chi connectivity index (χ4v) is 3.24. The van der Waals surface area contributed by atoms with E-state index in [0.717, 1.165) is 0 Å². The lowest BCUT2D eigenvalue weighted by molar-refractivity contribution is -0.124. The van der Waals surface area contributed by atoms with Gasteiger partial charge in [-0.1, -0.05) is 10.4 Å². The van der Waals surface area contributed by atoms with Crippen molar-refractivity contribution in [2.45, 2.75) is 25.9 Å². The third-order valence-corrected chi connectivity index (χ3v) is 5.08. The number of carboxylic acid groups (broad SMARTS) is 1. The lowest BCUT2D eigenvalue weighted by atomic mass is 10.1. The zero-order valence-corrected chi connectivity index (χ0v) is 19.8. The Morgan fingerprint density at radius 3 is 2.29 bits per heavy atom. The van der Waals surface area contributed by atoms with Crippen molar-refractivity contribution >= 4 is 35.1 Å². The number of benzene rings is 1. The number of amides is 3. The number of carboxylic acids is 1. The molecule has 0 aliphatic rings. The minimum atomic E-state index is -1.19. The Morgan fingerprint density at radius 1 is 0.895 bits per heavy atom. The number of pyridine rings is 1. The molecule has 0 atom stereocenters. The van der Waals surface area contributed by atoms with Gasteiger partial charge in [-0.2, -0.15) is 0 Å². The molecule has 3 amide bonds. The van der Waals surface area contributed by atoms with Gasteiger partial charge in [0.15, 0.2) is 11.5 Å². The van der Waals surface area contributed by atoms with E-state index < -0.39 is 5.97 Å². The molecule has 1 aromatic carbocycles. The van der Waals surface area contributed by atoms with Crippen molar-refractivity contribution in [1.29, 1.82) is 0 Å². The molecule has 194 valence electrons. The molecule has 0 fully saturated rings. The summed E-state index contributed by atoms with van der Waals surface area (Å²) in [5.41, 5.74) is 1.96. The van der Waals surface area contributed by atoms with Crippen LogP contribution < -0.4 is 16.0 Å². The maximum Gasteiger partial charge on any atom is 0.358 e. The Hall–Kier alpha value is -5.40. The van der Waals surface area contributed by atoms with Crippen LogP contribution >= 0.6 is 0 Å². The lowest BCUT2D eigenvalue weighted by Gasteiger charge is -2.06. The summed E-state index contributed by atoms with van der Waals surface area (Å²) < 4.78 is 6.35. The van der Waals surface area contributed by atoms with Crippen LogP contribution in [0.2, 0.25) is 0 Å². The SMILES string of the molecule is O=C(CCC(=O)Nc1ccc(-c2cc(C(=O)O)no2)cc1)NCc1cn(CC(=O)Nc2ccncc2)nn1. The van der Waals surface area contributed by atoms with Gasteiger partial charge in [-0.25, -0.2) is 9.48 Å². The number of nitrogens with one attached hydrogen (secondary N) is 3. The van der Waals surface area contributed by atoms with Gasteiger partial charge in [-0.05, 0) is 36.4 Å². The summed E-state index contributed by atoms with van der Waals surface area (Å²) in [4.78, 5) is 51.2. The summed E-state index contributed by atoms with van der Waals surface area (Å²) in [6.45, 7) is 0.0469. The second-order valence-corrected chi connectivity index (χ2v) is 7.98. The normalized spacial score (nSPS) is 10.5. The van der Waals surface area contributed by atoms with Gasteiger partial charge in [0.05, 0.1) is 12.7 Å². The lowest BCUT2D eigenvalue weighted by Crippen LogP contribution is -2.24. The van der Waals surface area contributed by atoms with Crippen LogP contribution in [0.4, 0.5) is 11.4 Å². The topological polar surface area (TPSA) is 194 Å². The molecule has 0 spiro atoms. The standard InChI is InChI=1S/C24H22N8O6/c33-21(26-12-18-13-32(31-29-18)14-23(35)28-17-7-9-25-10-8-17)5-6-22(34)27-16-3-1-15(2-4-16)20-11-19(24(36)37)30-38-20/h1-4,7-11,13H,5-6,12,14H2,(H,26,33)(H,27,34)(H,36,37)(H,25,28,35). The van der Waals surface area contributed by atoms with E-state index in [2.05, 4.69) is 36.4 Å². The average molecular weight is 518 g/mol. The number of carbonyl (C=O) groups is 4. The van der Waals surface area contributed by atoms with Crippen LogP contribution in [0, 0.1) is 0 Å². The number of anilines is 2. The number of nitrogens with zero attached hydrogens (tertiary/aromatic N) is 5. The van der Waals surface area contributed by atoms with E-state index in [1.807, 2.05) is 0 Å². The van der Waals surface area contributed by atoms with E-state index in [9.17, 15) is 19.2 Å². The highest BCUT2D eigenvalue weighted by atomic mass is 16.5. The predicted octanol–water partition coefficient (Wildman–Crippen LogP) is 1.70. The highest BCUT2D eigenvalue weighted by molar-refractivity contribution is 5.93. The fraction of sp³-hybridized carbons (Fsp3) is 0.167. The first-order chi connectivity index (χ1) is 18.4. The zero-order valence-electron chi connectivity index (χ0n) is 19.8. The van der Waals surface area contributed by atoms with Crippen molar-refractivity contribution in [1.82, 2.24) is 30.5 Å². The molecule has 14 heteroatoms. The number of aromatic carboxylic acids is 1. The Kier molecular flexibility index (Phi) is 8.13. The summed E-state index contributed by atoms with van der Waals surface area (Å²) in [6, 6.07) is 11.2. The van der Waals surface area contributed by atoms with E-state index >= 15 is 0 Å². The molecule has 0 saturated heterocycles. The van der Waals surface area contributed by atoms with E-state index in [1.165, 1.54) is 10.7 Å². The maximum atomic E-state index is 12.2. The number of rotatable bonds is 11. The Bertz CT molecular complexity index is 1430. The molecule has 4 rings (SSSR count). The van der Waals surface area contributed by atoms with Crippen LogP contribution in [0.5, 0.6) is 0 Å². The highest BCUT2D eigenvalue weighted by Crippen LogP contribution is 2.22. The number of aromatic nitrogens is 5. The molecule has 0 unspecified atom stereocenters. The monoisotopic (exact) mass is 518 g/mol. The third-order valence-electron chi connectivity index (χ3n) is 5.08. The van der Waals surface area contributed by atoms with Gasteiger partial charge < -0.3 is 25.6 Å². The van der Waals surface area contributed by atoms with Gasteiger partial charge in [0.1, 0.15) is 12.2 Å². The van der Waals surface area contributed by atoms with Gasteiger partial charge in [-0.3, -0.25) is 19.4 Å². The summed E-state index contributed by atoms with van der Waals surface area (Å²) in [5.74, 6) is -1.90. The number of hydrogen-bond acceptors (Lipinski definition) is 9. The Morgan fingerprint density at radius 2 is 1.58 bits per heavy atom. The first-order valence-electron chi connectivity index (χ1n) is 11.3. The van der Waals surface area contributed by atoms with Crippen molar-refractivity contribution in [3.63, 3.8) is 0 Å². The van der Waals surface area contributed by atoms with Crippen LogP contribution in [0.1, 0.15) is 29.0 Å². The molecule has 14 nitrogen and oxygen atoms in total.